The first kappa shape index (κ1) is 15.5. The van der Waals surface area contributed by atoms with Crippen molar-refractivity contribution >= 4 is 11.6 Å². The number of hydrogen-bond donors (Lipinski definition) is 2. The molecule has 0 amide bonds. The highest BCUT2D eigenvalue weighted by Crippen LogP contribution is 2.24. The number of allylic oxidation sites excluding steroid dienone is 1. The molecule has 2 rings (SSSR count). The first-order chi connectivity index (χ1) is 9.72. The fraction of sp³-hybridized carbons (Fsp3) is 0.500. The lowest BCUT2D eigenvalue weighted by atomic mass is 9.91. The maximum Gasteiger partial charge on any atom is 0.145 e. The van der Waals surface area contributed by atoms with Gasteiger partial charge in [-0.2, -0.15) is 0 Å². The Morgan fingerprint density at radius 2 is 2.05 bits per heavy atom. The average Bonchev–Trinajstić information content (AvgIpc) is 2.41. The smallest absolute Gasteiger partial charge is 0.145 e. The van der Waals surface area contributed by atoms with E-state index in [-0.39, 0.29) is 16.9 Å². The summed E-state index contributed by atoms with van der Waals surface area (Å²) in [6.45, 7) is 0. The third kappa shape index (κ3) is 4.05. The van der Waals surface area contributed by atoms with Gasteiger partial charge in [0.05, 0.1) is 5.02 Å². The topological polar surface area (TPSA) is 38.0 Å². The predicted molar refractivity (Wildman–Crippen MR) is 82.0 cm³/mol. The van der Waals surface area contributed by atoms with E-state index in [9.17, 15) is 4.39 Å². The van der Waals surface area contributed by atoms with Crippen LogP contribution >= 0.6 is 11.6 Å². The van der Waals surface area contributed by atoms with Crippen LogP contribution in [0.5, 0.6) is 0 Å². The van der Waals surface area contributed by atoms with Crippen molar-refractivity contribution in [2.24, 2.45) is 5.84 Å². The van der Waals surface area contributed by atoms with E-state index in [1.807, 2.05) is 0 Å². The average molecular weight is 297 g/mol. The molecule has 0 radical (unpaired) electrons. The second kappa shape index (κ2) is 7.77. The molecule has 1 unspecified atom stereocenters. The molecule has 1 aromatic rings. The van der Waals surface area contributed by atoms with E-state index in [0.29, 0.717) is 12.0 Å². The lowest BCUT2D eigenvalue weighted by molar-refractivity contribution is 0.523. The molecular formula is C16H22ClFN2. The third-order valence-corrected chi connectivity index (χ3v) is 4.22. The van der Waals surface area contributed by atoms with E-state index in [0.717, 1.165) is 12.8 Å². The zero-order chi connectivity index (χ0) is 14.4. The summed E-state index contributed by atoms with van der Waals surface area (Å²) < 4.78 is 14.0. The molecule has 3 N–H and O–H groups in total. The highest BCUT2D eigenvalue weighted by molar-refractivity contribution is 6.30. The van der Waals surface area contributed by atoms with E-state index in [1.165, 1.54) is 31.3 Å². The van der Waals surface area contributed by atoms with E-state index in [1.54, 1.807) is 18.2 Å². The largest absolute Gasteiger partial charge is 0.271 e. The van der Waals surface area contributed by atoms with Crippen LogP contribution in [0, 0.1) is 5.82 Å². The second-order valence-corrected chi connectivity index (χ2v) is 5.78. The zero-order valence-corrected chi connectivity index (χ0v) is 12.4. The van der Waals surface area contributed by atoms with Gasteiger partial charge in [0.15, 0.2) is 0 Å². The number of rotatable bonds is 4. The number of benzene rings is 1. The fourth-order valence-electron chi connectivity index (χ4n) is 2.76. The maximum atomic E-state index is 14.0. The number of hydrazine groups is 1. The van der Waals surface area contributed by atoms with Gasteiger partial charge >= 0.3 is 0 Å². The highest BCUT2D eigenvalue weighted by atomic mass is 35.5. The van der Waals surface area contributed by atoms with Gasteiger partial charge in [0.2, 0.25) is 0 Å². The normalized spacial score (nSPS) is 20.6. The molecule has 2 nitrogen and oxygen atoms in total. The Morgan fingerprint density at radius 3 is 2.85 bits per heavy atom. The molecule has 1 aromatic carbocycles. The Balaban J connectivity index is 2.13. The summed E-state index contributed by atoms with van der Waals surface area (Å²) in [6.07, 6.45) is 9.91. The van der Waals surface area contributed by atoms with Crippen LogP contribution in [0.3, 0.4) is 0 Å². The molecule has 1 aliphatic carbocycles. The van der Waals surface area contributed by atoms with E-state index in [4.69, 9.17) is 17.4 Å². The molecule has 1 aliphatic rings. The molecule has 0 aromatic heterocycles. The first-order valence-electron chi connectivity index (χ1n) is 7.30. The van der Waals surface area contributed by atoms with Crippen molar-refractivity contribution in [1.82, 2.24) is 5.43 Å². The van der Waals surface area contributed by atoms with Crippen molar-refractivity contribution in [2.45, 2.75) is 51.0 Å². The number of halogens is 2. The van der Waals surface area contributed by atoms with E-state index in [2.05, 4.69) is 11.5 Å². The van der Waals surface area contributed by atoms with Crippen LogP contribution in [0.2, 0.25) is 5.02 Å². The monoisotopic (exact) mass is 296 g/mol. The summed E-state index contributed by atoms with van der Waals surface area (Å²) in [4.78, 5) is 0. The van der Waals surface area contributed by atoms with Crippen LogP contribution < -0.4 is 11.3 Å². The van der Waals surface area contributed by atoms with Crippen LogP contribution in [-0.4, -0.2) is 6.04 Å². The molecule has 20 heavy (non-hydrogen) atoms. The molecule has 0 bridgehead atoms. The van der Waals surface area contributed by atoms with Crippen LogP contribution in [0.25, 0.3) is 0 Å². The van der Waals surface area contributed by atoms with Gasteiger partial charge in [0.25, 0.3) is 0 Å². The van der Waals surface area contributed by atoms with Crippen LogP contribution in [0.1, 0.15) is 44.1 Å². The highest BCUT2D eigenvalue weighted by Gasteiger charge is 2.17. The molecule has 0 heterocycles. The van der Waals surface area contributed by atoms with Crippen molar-refractivity contribution in [2.75, 3.05) is 0 Å². The number of hydrogen-bond acceptors (Lipinski definition) is 2. The van der Waals surface area contributed by atoms with Crippen molar-refractivity contribution in [3.63, 3.8) is 0 Å². The Bertz CT molecular complexity index is 474. The Labute approximate surface area is 125 Å². The Morgan fingerprint density at radius 1 is 1.25 bits per heavy atom. The molecule has 0 fully saturated rings. The number of nitrogens with two attached hydrogens (primary N) is 1. The van der Waals surface area contributed by atoms with Crippen LogP contribution in [-0.2, 0) is 6.42 Å². The van der Waals surface area contributed by atoms with Crippen LogP contribution in [0.4, 0.5) is 4.39 Å². The van der Waals surface area contributed by atoms with Gasteiger partial charge in [-0.3, -0.25) is 11.3 Å². The lowest BCUT2D eigenvalue weighted by Crippen LogP contribution is -2.38. The first-order valence-corrected chi connectivity index (χ1v) is 7.68. The molecule has 0 saturated carbocycles. The van der Waals surface area contributed by atoms with E-state index < -0.39 is 0 Å². The molecule has 110 valence electrons. The SMILES string of the molecule is NNC(Cc1cccc(Cl)c1F)/C1=C/CCCCCC1. The molecule has 0 spiro atoms. The minimum atomic E-state index is -0.333. The second-order valence-electron chi connectivity index (χ2n) is 5.37. The summed E-state index contributed by atoms with van der Waals surface area (Å²) in [6, 6.07) is 5.11. The quantitative estimate of drug-likeness (QED) is 0.498. The molecule has 4 heteroatoms. The molecule has 0 saturated heterocycles. The fourth-order valence-corrected chi connectivity index (χ4v) is 2.95. The zero-order valence-electron chi connectivity index (χ0n) is 11.7. The Kier molecular flexibility index (Phi) is 6.02. The van der Waals surface area contributed by atoms with Gasteiger partial charge in [-0.25, -0.2) is 4.39 Å². The van der Waals surface area contributed by atoms with Crippen molar-refractivity contribution in [1.29, 1.82) is 0 Å². The van der Waals surface area contributed by atoms with Crippen LogP contribution in [0.15, 0.2) is 29.8 Å². The van der Waals surface area contributed by atoms with Gasteiger partial charge in [0, 0.05) is 6.04 Å². The summed E-state index contributed by atoms with van der Waals surface area (Å²) in [5.74, 6) is 5.35. The van der Waals surface area contributed by atoms with Crippen molar-refractivity contribution in [3.8, 4) is 0 Å². The van der Waals surface area contributed by atoms with Gasteiger partial charge in [-0.05, 0) is 43.7 Å². The predicted octanol–water partition coefficient (Wildman–Crippen LogP) is 4.13. The molecular weight excluding hydrogens is 275 g/mol. The van der Waals surface area contributed by atoms with Crippen molar-refractivity contribution < 1.29 is 4.39 Å². The summed E-state index contributed by atoms with van der Waals surface area (Å²) in [5, 5.41) is 0.171. The minimum absolute atomic E-state index is 0.0129. The summed E-state index contributed by atoms with van der Waals surface area (Å²) in [7, 11) is 0. The maximum absolute atomic E-state index is 14.0. The third-order valence-electron chi connectivity index (χ3n) is 3.93. The van der Waals surface area contributed by atoms with Gasteiger partial charge in [0.1, 0.15) is 5.82 Å². The lowest BCUT2D eigenvalue weighted by Gasteiger charge is -2.22. The molecule has 0 aliphatic heterocycles. The Hall–Kier alpha value is -0.900. The van der Waals surface area contributed by atoms with E-state index >= 15 is 0 Å². The van der Waals surface area contributed by atoms with Crippen molar-refractivity contribution in [3.05, 3.63) is 46.3 Å². The van der Waals surface area contributed by atoms with Gasteiger partial charge < -0.3 is 0 Å². The van der Waals surface area contributed by atoms with Gasteiger partial charge in [-0.1, -0.05) is 48.2 Å². The number of nitrogens with one attached hydrogen (secondary N) is 1. The minimum Gasteiger partial charge on any atom is -0.271 e. The molecule has 1 atom stereocenters. The van der Waals surface area contributed by atoms with Gasteiger partial charge in [-0.15, -0.1) is 0 Å². The summed E-state index contributed by atoms with van der Waals surface area (Å²) >= 11 is 5.83. The standard InChI is InChI=1S/C16H22ClFN2/c17-14-10-6-9-13(16(14)18)11-15(20-19)12-7-4-2-1-3-5-8-12/h6-7,9-10,15,20H,1-5,8,11,19H2/b12-7+. The summed E-state index contributed by atoms with van der Waals surface area (Å²) in [5.41, 5.74) is 4.75.